The largest absolute Gasteiger partial charge is 0.324 e. The summed E-state index contributed by atoms with van der Waals surface area (Å²) < 4.78 is 2.13. The van der Waals surface area contributed by atoms with Crippen LogP contribution in [0.5, 0.6) is 0 Å². The second-order valence-electron chi connectivity index (χ2n) is 3.71. The first-order valence-corrected chi connectivity index (χ1v) is 5.29. The first-order chi connectivity index (χ1) is 7.27. The Balaban J connectivity index is 2.66. The Morgan fingerprint density at radius 2 is 2.33 bits per heavy atom. The molecular formula is C11H16N4. The molecule has 15 heavy (non-hydrogen) atoms. The van der Waals surface area contributed by atoms with Gasteiger partial charge in [0.05, 0.1) is 6.54 Å². The van der Waals surface area contributed by atoms with Crippen LogP contribution in [0.3, 0.4) is 0 Å². The number of rotatable bonds is 3. The predicted octanol–water partition coefficient (Wildman–Crippen LogP) is 1.86. The topological polar surface area (TPSA) is 56.7 Å². The molecular weight excluding hydrogens is 188 g/mol. The summed E-state index contributed by atoms with van der Waals surface area (Å²) in [5, 5.41) is 0. The zero-order chi connectivity index (χ0) is 10.8. The van der Waals surface area contributed by atoms with Gasteiger partial charge in [0, 0.05) is 12.2 Å². The maximum absolute atomic E-state index is 5.70. The lowest BCUT2D eigenvalue weighted by atomic mass is 10.2. The van der Waals surface area contributed by atoms with Crippen molar-refractivity contribution in [1.29, 1.82) is 0 Å². The van der Waals surface area contributed by atoms with Crippen molar-refractivity contribution in [3.8, 4) is 0 Å². The minimum Gasteiger partial charge on any atom is -0.324 e. The van der Waals surface area contributed by atoms with Crippen LogP contribution < -0.4 is 5.73 Å². The van der Waals surface area contributed by atoms with Gasteiger partial charge in [-0.05, 0) is 25.5 Å². The van der Waals surface area contributed by atoms with Crippen LogP contribution in [0, 0.1) is 0 Å². The molecule has 1 unspecified atom stereocenters. The molecule has 0 radical (unpaired) electrons. The van der Waals surface area contributed by atoms with Crippen molar-refractivity contribution in [2.45, 2.75) is 32.9 Å². The zero-order valence-corrected chi connectivity index (χ0v) is 9.14. The average Bonchev–Trinajstić information content (AvgIpc) is 2.66. The van der Waals surface area contributed by atoms with E-state index < -0.39 is 0 Å². The SMILES string of the molecule is CCC(C)n1c(CN)nc2cccnc21. The number of hydrogen-bond donors (Lipinski definition) is 1. The Bertz CT molecular complexity index is 461. The van der Waals surface area contributed by atoms with E-state index in [1.807, 2.05) is 12.1 Å². The summed E-state index contributed by atoms with van der Waals surface area (Å²) in [6, 6.07) is 4.26. The summed E-state index contributed by atoms with van der Waals surface area (Å²) in [5.41, 5.74) is 7.56. The highest BCUT2D eigenvalue weighted by Gasteiger charge is 2.13. The van der Waals surface area contributed by atoms with Gasteiger partial charge >= 0.3 is 0 Å². The Kier molecular flexibility index (Phi) is 2.68. The van der Waals surface area contributed by atoms with Crippen molar-refractivity contribution in [3.05, 3.63) is 24.2 Å². The van der Waals surface area contributed by atoms with Crippen molar-refractivity contribution >= 4 is 11.2 Å². The number of nitrogens with zero attached hydrogens (tertiary/aromatic N) is 3. The van der Waals surface area contributed by atoms with Gasteiger partial charge in [0.15, 0.2) is 5.65 Å². The number of fused-ring (bicyclic) bond motifs is 1. The standard InChI is InChI=1S/C11H16N4/c1-3-8(2)15-10(7-12)14-9-5-4-6-13-11(9)15/h4-6,8H,3,7,12H2,1-2H3. The molecule has 0 fully saturated rings. The number of hydrogen-bond acceptors (Lipinski definition) is 3. The van der Waals surface area contributed by atoms with Crippen LogP contribution in [-0.4, -0.2) is 14.5 Å². The van der Waals surface area contributed by atoms with E-state index in [9.17, 15) is 0 Å². The molecule has 2 N–H and O–H groups in total. The molecule has 1 atom stereocenters. The summed E-state index contributed by atoms with van der Waals surface area (Å²) in [6.45, 7) is 4.77. The third-order valence-electron chi connectivity index (χ3n) is 2.74. The van der Waals surface area contributed by atoms with Gasteiger partial charge in [-0.2, -0.15) is 0 Å². The van der Waals surface area contributed by atoms with Crippen LogP contribution in [0.25, 0.3) is 11.2 Å². The highest BCUT2D eigenvalue weighted by atomic mass is 15.2. The second-order valence-corrected chi connectivity index (χ2v) is 3.71. The number of nitrogens with two attached hydrogens (primary N) is 1. The van der Waals surface area contributed by atoms with Gasteiger partial charge in [0.2, 0.25) is 0 Å². The molecule has 4 nitrogen and oxygen atoms in total. The number of imidazole rings is 1. The first kappa shape index (κ1) is 10.1. The van der Waals surface area contributed by atoms with Crippen LogP contribution in [0.4, 0.5) is 0 Å². The second kappa shape index (κ2) is 3.98. The fourth-order valence-electron chi connectivity index (χ4n) is 1.77. The van der Waals surface area contributed by atoms with Crippen LogP contribution >= 0.6 is 0 Å². The highest BCUT2D eigenvalue weighted by molar-refractivity contribution is 5.71. The lowest BCUT2D eigenvalue weighted by Gasteiger charge is -2.13. The van der Waals surface area contributed by atoms with Gasteiger partial charge in [-0.3, -0.25) is 0 Å². The van der Waals surface area contributed by atoms with Gasteiger partial charge in [-0.25, -0.2) is 9.97 Å². The van der Waals surface area contributed by atoms with Crippen molar-refractivity contribution in [3.63, 3.8) is 0 Å². The molecule has 0 bridgehead atoms. The van der Waals surface area contributed by atoms with Crippen LogP contribution in [0.15, 0.2) is 18.3 Å². The summed E-state index contributed by atoms with van der Waals surface area (Å²) in [6.07, 6.45) is 2.85. The predicted molar refractivity (Wildman–Crippen MR) is 60.4 cm³/mol. The minimum atomic E-state index is 0.392. The van der Waals surface area contributed by atoms with Crippen LogP contribution in [-0.2, 0) is 6.54 Å². The molecule has 0 aliphatic carbocycles. The molecule has 0 saturated heterocycles. The molecule has 0 aliphatic rings. The number of aromatic nitrogens is 3. The van der Waals surface area contributed by atoms with E-state index in [2.05, 4.69) is 28.4 Å². The van der Waals surface area contributed by atoms with E-state index in [1.165, 1.54) is 0 Å². The maximum Gasteiger partial charge on any atom is 0.160 e. The van der Waals surface area contributed by atoms with Crippen molar-refractivity contribution in [2.24, 2.45) is 5.73 Å². The van der Waals surface area contributed by atoms with E-state index >= 15 is 0 Å². The fraction of sp³-hybridized carbons (Fsp3) is 0.455. The van der Waals surface area contributed by atoms with Crippen LogP contribution in [0.1, 0.15) is 32.1 Å². The third kappa shape index (κ3) is 1.61. The molecule has 4 heteroatoms. The molecule has 0 saturated carbocycles. The van der Waals surface area contributed by atoms with E-state index in [0.29, 0.717) is 12.6 Å². The molecule has 0 amide bonds. The van der Waals surface area contributed by atoms with Gasteiger partial charge in [0.1, 0.15) is 11.3 Å². The number of pyridine rings is 1. The molecule has 80 valence electrons. The zero-order valence-electron chi connectivity index (χ0n) is 9.14. The normalized spacial score (nSPS) is 13.3. The highest BCUT2D eigenvalue weighted by Crippen LogP contribution is 2.20. The molecule has 0 aliphatic heterocycles. The van der Waals surface area contributed by atoms with Gasteiger partial charge in [0.25, 0.3) is 0 Å². The fourth-order valence-corrected chi connectivity index (χ4v) is 1.77. The lowest BCUT2D eigenvalue weighted by molar-refractivity contribution is 0.519. The first-order valence-electron chi connectivity index (χ1n) is 5.29. The molecule has 0 aromatic carbocycles. The Labute approximate surface area is 89.1 Å². The maximum atomic E-state index is 5.70. The van der Waals surface area contributed by atoms with Crippen molar-refractivity contribution < 1.29 is 0 Å². The van der Waals surface area contributed by atoms with Crippen LogP contribution in [0.2, 0.25) is 0 Å². The Hall–Kier alpha value is -1.42. The average molecular weight is 204 g/mol. The van der Waals surface area contributed by atoms with Gasteiger partial charge < -0.3 is 10.3 Å². The smallest absolute Gasteiger partial charge is 0.160 e. The summed E-state index contributed by atoms with van der Waals surface area (Å²) in [5.74, 6) is 0.915. The summed E-state index contributed by atoms with van der Waals surface area (Å²) in [7, 11) is 0. The molecule has 2 rings (SSSR count). The quantitative estimate of drug-likeness (QED) is 0.830. The molecule has 0 spiro atoms. The minimum absolute atomic E-state index is 0.392. The van der Waals surface area contributed by atoms with E-state index in [4.69, 9.17) is 5.73 Å². The van der Waals surface area contributed by atoms with Gasteiger partial charge in [-0.1, -0.05) is 6.92 Å². The molecule has 2 aromatic rings. The van der Waals surface area contributed by atoms with E-state index in [-0.39, 0.29) is 0 Å². The summed E-state index contributed by atoms with van der Waals surface area (Å²) in [4.78, 5) is 8.84. The van der Waals surface area contributed by atoms with E-state index in [1.54, 1.807) is 6.20 Å². The Morgan fingerprint density at radius 1 is 1.53 bits per heavy atom. The van der Waals surface area contributed by atoms with Gasteiger partial charge in [-0.15, -0.1) is 0 Å². The summed E-state index contributed by atoms with van der Waals surface area (Å²) >= 11 is 0. The monoisotopic (exact) mass is 204 g/mol. The Morgan fingerprint density at radius 3 is 3.00 bits per heavy atom. The lowest BCUT2D eigenvalue weighted by Crippen LogP contribution is -2.12. The van der Waals surface area contributed by atoms with E-state index in [0.717, 1.165) is 23.4 Å². The molecule has 2 aromatic heterocycles. The van der Waals surface area contributed by atoms with Crippen molar-refractivity contribution in [1.82, 2.24) is 14.5 Å². The molecule has 2 heterocycles. The van der Waals surface area contributed by atoms with Crippen molar-refractivity contribution in [2.75, 3.05) is 0 Å². The third-order valence-corrected chi connectivity index (χ3v) is 2.74.